The predicted molar refractivity (Wildman–Crippen MR) is 84.5 cm³/mol. The van der Waals surface area contributed by atoms with Crippen molar-refractivity contribution >= 4 is 5.69 Å². The van der Waals surface area contributed by atoms with Gasteiger partial charge in [-0.2, -0.15) is 15.0 Å². The van der Waals surface area contributed by atoms with Crippen LogP contribution in [0.15, 0.2) is 60.9 Å². The zero-order valence-electron chi connectivity index (χ0n) is 12.0. The molecule has 0 aliphatic carbocycles. The second kappa shape index (κ2) is 6.22. The van der Waals surface area contributed by atoms with Gasteiger partial charge in [0.2, 0.25) is 0 Å². The van der Waals surface area contributed by atoms with Crippen LogP contribution in [-0.2, 0) is 13.0 Å². The molecule has 0 aliphatic heterocycles. The number of rotatable bonds is 5. The lowest BCUT2D eigenvalue weighted by Gasteiger charge is -2.08. The van der Waals surface area contributed by atoms with Crippen LogP contribution in [0.5, 0.6) is 0 Å². The number of anilines is 1. The van der Waals surface area contributed by atoms with Crippen LogP contribution in [0.1, 0.15) is 18.1 Å². The summed E-state index contributed by atoms with van der Waals surface area (Å²) in [6.07, 6.45) is 4.43. The first-order valence-electron chi connectivity index (χ1n) is 7.13. The van der Waals surface area contributed by atoms with E-state index >= 15 is 0 Å². The van der Waals surface area contributed by atoms with Gasteiger partial charge < -0.3 is 5.32 Å². The third kappa shape index (κ3) is 3.28. The van der Waals surface area contributed by atoms with E-state index in [4.69, 9.17) is 0 Å². The number of hydrogen-bond donors (Lipinski definition) is 1. The summed E-state index contributed by atoms with van der Waals surface area (Å²) in [7, 11) is 0. The smallest absolute Gasteiger partial charge is 0.0858 e. The van der Waals surface area contributed by atoms with Crippen molar-refractivity contribution in [1.29, 1.82) is 0 Å². The van der Waals surface area contributed by atoms with Crippen LogP contribution < -0.4 is 5.32 Å². The maximum atomic E-state index is 4.11. The molecule has 0 unspecified atom stereocenters. The van der Waals surface area contributed by atoms with Crippen LogP contribution in [0.25, 0.3) is 5.69 Å². The van der Waals surface area contributed by atoms with E-state index in [1.165, 1.54) is 11.1 Å². The van der Waals surface area contributed by atoms with E-state index in [2.05, 4.69) is 46.7 Å². The summed E-state index contributed by atoms with van der Waals surface area (Å²) >= 11 is 0. The molecular weight excluding hydrogens is 260 g/mol. The van der Waals surface area contributed by atoms with E-state index in [1.807, 2.05) is 24.3 Å². The minimum Gasteiger partial charge on any atom is -0.381 e. The molecule has 1 aromatic heterocycles. The fourth-order valence-electron chi connectivity index (χ4n) is 2.16. The molecule has 0 fully saturated rings. The Morgan fingerprint density at radius 3 is 2.10 bits per heavy atom. The van der Waals surface area contributed by atoms with Gasteiger partial charge in [0, 0.05) is 12.2 Å². The molecule has 2 aromatic carbocycles. The highest BCUT2D eigenvalue weighted by molar-refractivity contribution is 5.48. The van der Waals surface area contributed by atoms with Gasteiger partial charge in [-0.05, 0) is 41.8 Å². The van der Waals surface area contributed by atoms with E-state index in [0.717, 1.165) is 24.3 Å². The summed E-state index contributed by atoms with van der Waals surface area (Å²) in [6.45, 7) is 2.99. The van der Waals surface area contributed by atoms with Crippen LogP contribution in [0.4, 0.5) is 5.69 Å². The monoisotopic (exact) mass is 278 g/mol. The summed E-state index contributed by atoms with van der Waals surface area (Å²) in [5.74, 6) is 0. The maximum Gasteiger partial charge on any atom is 0.0858 e. The zero-order valence-corrected chi connectivity index (χ0v) is 12.0. The van der Waals surface area contributed by atoms with E-state index in [9.17, 15) is 0 Å². The van der Waals surface area contributed by atoms with Crippen molar-refractivity contribution in [2.75, 3.05) is 5.32 Å². The molecule has 0 atom stereocenters. The van der Waals surface area contributed by atoms with Gasteiger partial charge in [-0.3, -0.25) is 0 Å². The third-order valence-electron chi connectivity index (χ3n) is 3.44. The lowest BCUT2D eigenvalue weighted by Crippen LogP contribution is -2.01. The standard InChI is InChI=1S/C17H18N4/c1-2-14-3-5-15(6-4-14)13-18-16-7-9-17(10-8-16)21-19-11-12-20-21/h3-12,18H,2,13H2,1H3. The molecule has 0 saturated heterocycles. The highest BCUT2D eigenvalue weighted by Crippen LogP contribution is 2.13. The number of hydrogen-bond acceptors (Lipinski definition) is 3. The molecule has 3 rings (SSSR count). The molecule has 21 heavy (non-hydrogen) atoms. The van der Waals surface area contributed by atoms with Crippen molar-refractivity contribution in [2.24, 2.45) is 0 Å². The van der Waals surface area contributed by atoms with Gasteiger partial charge in [0.25, 0.3) is 0 Å². The van der Waals surface area contributed by atoms with E-state index in [0.29, 0.717) is 0 Å². The number of nitrogens with one attached hydrogen (secondary N) is 1. The first-order chi connectivity index (χ1) is 10.3. The van der Waals surface area contributed by atoms with E-state index in [1.54, 1.807) is 17.2 Å². The van der Waals surface area contributed by atoms with Gasteiger partial charge in [-0.25, -0.2) is 0 Å². The molecule has 0 aliphatic rings. The molecule has 4 heteroatoms. The Morgan fingerprint density at radius 2 is 1.48 bits per heavy atom. The van der Waals surface area contributed by atoms with Crippen LogP contribution in [0.2, 0.25) is 0 Å². The average molecular weight is 278 g/mol. The fraction of sp³-hybridized carbons (Fsp3) is 0.176. The van der Waals surface area contributed by atoms with Crippen LogP contribution in [0, 0.1) is 0 Å². The highest BCUT2D eigenvalue weighted by Gasteiger charge is 1.98. The summed E-state index contributed by atoms with van der Waals surface area (Å²) < 4.78 is 0. The minimum absolute atomic E-state index is 0.823. The second-order valence-corrected chi connectivity index (χ2v) is 4.89. The number of aryl methyl sites for hydroxylation is 1. The quantitative estimate of drug-likeness (QED) is 0.777. The first-order valence-corrected chi connectivity index (χ1v) is 7.13. The maximum absolute atomic E-state index is 4.11. The Balaban J connectivity index is 1.62. The lowest BCUT2D eigenvalue weighted by atomic mass is 10.1. The van der Waals surface area contributed by atoms with Crippen molar-refractivity contribution in [3.63, 3.8) is 0 Å². The Morgan fingerprint density at radius 1 is 0.857 bits per heavy atom. The average Bonchev–Trinajstić information content (AvgIpc) is 3.08. The molecule has 4 nitrogen and oxygen atoms in total. The topological polar surface area (TPSA) is 42.7 Å². The molecule has 1 heterocycles. The van der Waals surface area contributed by atoms with Crippen LogP contribution in [-0.4, -0.2) is 15.0 Å². The third-order valence-corrected chi connectivity index (χ3v) is 3.44. The Hall–Kier alpha value is -2.62. The highest BCUT2D eigenvalue weighted by atomic mass is 15.5. The Labute approximate surface area is 124 Å². The molecule has 3 aromatic rings. The van der Waals surface area contributed by atoms with Gasteiger partial charge in [-0.1, -0.05) is 31.2 Å². The molecule has 0 amide bonds. The van der Waals surface area contributed by atoms with Crippen molar-refractivity contribution in [1.82, 2.24) is 15.0 Å². The van der Waals surface area contributed by atoms with Crippen molar-refractivity contribution in [3.05, 3.63) is 72.1 Å². The van der Waals surface area contributed by atoms with E-state index in [-0.39, 0.29) is 0 Å². The Kier molecular flexibility index (Phi) is 3.96. The molecule has 0 spiro atoms. The molecule has 0 bridgehead atoms. The van der Waals surface area contributed by atoms with Crippen LogP contribution in [0.3, 0.4) is 0 Å². The van der Waals surface area contributed by atoms with Gasteiger partial charge in [-0.15, -0.1) is 0 Å². The normalized spacial score (nSPS) is 10.5. The van der Waals surface area contributed by atoms with Gasteiger partial charge in [0.05, 0.1) is 18.1 Å². The second-order valence-electron chi connectivity index (χ2n) is 4.89. The van der Waals surface area contributed by atoms with Crippen LogP contribution >= 0.6 is 0 Å². The molecule has 0 saturated carbocycles. The summed E-state index contributed by atoms with van der Waals surface area (Å²) in [6, 6.07) is 16.8. The summed E-state index contributed by atoms with van der Waals surface area (Å²) in [5.41, 5.74) is 4.70. The number of nitrogens with zero attached hydrogens (tertiary/aromatic N) is 3. The molecule has 0 radical (unpaired) electrons. The fourth-order valence-corrected chi connectivity index (χ4v) is 2.16. The molecule has 1 N–H and O–H groups in total. The van der Waals surface area contributed by atoms with Crippen molar-refractivity contribution in [3.8, 4) is 5.69 Å². The lowest BCUT2D eigenvalue weighted by molar-refractivity contribution is 0.752. The van der Waals surface area contributed by atoms with Gasteiger partial charge >= 0.3 is 0 Å². The number of benzene rings is 2. The van der Waals surface area contributed by atoms with Crippen molar-refractivity contribution < 1.29 is 0 Å². The largest absolute Gasteiger partial charge is 0.381 e. The zero-order chi connectivity index (χ0) is 14.5. The first kappa shape index (κ1) is 13.4. The van der Waals surface area contributed by atoms with Crippen molar-refractivity contribution in [2.45, 2.75) is 19.9 Å². The molecular formula is C17H18N4. The molecule has 106 valence electrons. The number of aromatic nitrogens is 3. The SMILES string of the molecule is CCc1ccc(CNc2ccc(-n3nccn3)cc2)cc1. The van der Waals surface area contributed by atoms with Gasteiger partial charge in [0.1, 0.15) is 0 Å². The summed E-state index contributed by atoms with van der Waals surface area (Å²) in [4.78, 5) is 1.60. The Bertz CT molecular complexity index is 670. The van der Waals surface area contributed by atoms with Gasteiger partial charge in [0.15, 0.2) is 0 Å². The predicted octanol–water partition coefficient (Wildman–Crippen LogP) is 3.44. The van der Waals surface area contributed by atoms with E-state index < -0.39 is 0 Å². The summed E-state index contributed by atoms with van der Waals surface area (Å²) in [5, 5.41) is 11.6. The minimum atomic E-state index is 0.823.